The maximum atomic E-state index is 12.4. The van der Waals surface area contributed by atoms with Crippen molar-refractivity contribution in [1.29, 1.82) is 0 Å². The molecule has 0 N–H and O–H groups in total. The van der Waals surface area contributed by atoms with Gasteiger partial charge in [0.05, 0.1) is 11.1 Å². The minimum Gasteiger partial charge on any atom is -0.453 e. The quantitative estimate of drug-likeness (QED) is 0.470. The van der Waals surface area contributed by atoms with Gasteiger partial charge in [0.2, 0.25) is 5.78 Å². The van der Waals surface area contributed by atoms with Crippen molar-refractivity contribution in [3.05, 3.63) is 71.3 Å². The molecule has 3 rings (SSSR count). The lowest BCUT2D eigenvalue weighted by molar-refractivity contribution is -0.150. The molecule has 6 nitrogen and oxygen atoms in total. The van der Waals surface area contributed by atoms with E-state index in [0.29, 0.717) is 5.56 Å². The first-order valence-corrected chi connectivity index (χ1v) is 8.18. The number of esters is 1. The van der Waals surface area contributed by atoms with Crippen LogP contribution in [0.1, 0.15) is 44.9 Å². The zero-order valence-corrected chi connectivity index (χ0v) is 14.3. The van der Waals surface area contributed by atoms with Crippen molar-refractivity contribution in [1.82, 2.24) is 4.90 Å². The predicted octanol–water partition coefficient (Wildman–Crippen LogP) is 2.49. The number of carbonyl (C=O) groups is 4. The lowest BCUT2D eigenvalue weighted by Gasteiger charge is -2.22. The van der Waals surface area contributed by atoms with E-state index in [1.54, 1.807) is 42.5 Å². The van der Waals surface area contributed by atoms with E-state index < -0.39 is 29.9 Å². The summed E-state index contributed by atoms with van der Waals surface area (Å²) in [6.45, 7) is 2.87. The van der Waals surface area contributed by atoms with Crippen LogP contribution in [0.4, 0.5) is 0 Å². The van der Waals surface area contributed by atoms with Gasteiger partial charge in [-0.05, 0) is 26.0 Å². The Labute approximate surface area is 150 Å². The van der Waals surface area contributed by atoms with Crippen molar-refractivity contribution in [3.8, 4) is 0 Å². The summed E-state index contributed by atoms with van der Waals surface area (Å²) in [6, 6.07) is 13.7. The number of carbonyl (C=O) groups excluding carboxylic acids is 4. The Kier molecular flexibility index (Phi) is 4.67. The second-order valence-corrected chi connectivity index (χ2v) is 6.01. The van der Waals surface area contributed by atoms with E-state index in [9.17, 15) is 19.2 Å². The number of nitrogens with zero attached hydrogens (tertiary/aromatic N) is 1. The highest BCUT2D eigenvalue weighted by molar-refractivity contribution is 6.22. The summed E-state index contributed by atoms with van der Waals surface area (Å²) in [7, 11) is 0. The van der Waals surface area contributed by atoms with Crippen molar-refractivity contribution in [2.75, 3.05) is 0 Å². The zero-order chi connectivity index (χ0) is 18.8. The van der Waals surface area contributed by atoms with E-state index in [0.717, 1.165) is 4.90 Å². The highest BCUT2D eigenvalue weighted by atomic mass is 16.5. The summed E-state index contributed by atoms with van der Waals surface area (Å²) in [5, 5.41) is 0. The minimum atomic E-state index is -1.13. The molecule has 6 heteroatoms. The van der Waals surface area contributed by atoms with Crippen molar-refractivity contribution >= 4 is 23.6 Å². The standard InChI is InChI=1S/C20H17NO5/c1-12(21-18(23)15-10-6-7-11-16(15)19(21)24)20(25)26-13(2)17(22)14-8-4-3-5-9-14/h3-13H,1-2H3/t12-,13-/m0/s1. The van der Waals surface area contributed by atoms with Crippen LogP contribution in [0, 0.1) is 0 Å². The third-order valence-corrected chi connectivity index (χ3v) is 4.27. The number of ether oxygens (including phenoxy) is 1. The number of rotatable bonds is 5. The van der Waals surface area contributed by atoms with E-state index in [1.165, 1.54) is 26.0 Å². The summed E-state index contributed by atoms with van der Waals surface area (Å²) in [5.41, 5.74) is 0.928. The molecule has 1 aliphatic heterocycles. The van der Waals surface area contributed by atoms with Crippen LogP contribution in [-0.4, -0.2) is 40.6 Å². The van der Waals surface area contributed by atoms with Gasteiger partial charge < -0.3 is 4.74 Å². The maximum Gasteiger partial charge on any atom is 0.329 e. The lowest BCUT2D eigenvalue weighted by Crippen LogP contribution is -2.45. The van der Waals surface area contributed by atoms with E-state index in [4.69, 9.17) is 4.74 Å². The first-order valence-electron chi connectivity index (χ1n) is 8.18. The molecule has 132 valence electrons. The Morgan fingerprint density at radius 1 is 0.846 bits per heavy atom. The van der Waals surface area contributed by atoms with Gasteiger partial charge in [0.15, 0.2) is 6.10 Å². The second kappa shape index (κ2) is 6.92. The maximum absolute atomic E-state index is 12.4. The Morgan fingerprint density at radius 3 is 1.88 bits per heavy atom. The Balaban J connectivity index is 1.72. The van der Waals surface area contributed by atoms with Crippen LogP contribution in [0.15, 0.2) is 54.6 Å². The fourth-order valence-electron chi connectivity index (χ4n) is 2.83. The fourth-order valence-corrected chi connectivity index (χ4v) is 2.83. The number of imide groups is 1. The molecule has 2 amide bonds. The molecule has 1 heterocycles. The molecule has 2 atom stereocenters. The lowest BCUT2D eigenvalue weighted by atomic mass is 10.1. The number of hydrogen-bond acceptors (Lipinski definition) is 5. The third-order valence-electron chi connectivity index (χ3n) is 4.27. The molecule has 0 fully saturated rings. The van der Waals surface area contributed by atoms with Crippen molar-refractivity contribution in [2.24, 2.45) is 0 Å². The highest BCUT2D eigenvalue weighted by Gasteiger charge is 2.41. The van der Waals surface area contributed by atoms with Gasteiger partial charge in [0.1, 0.15) is 6.04 Å². The molecule has 1 aliphatic rings. The van der Waals surface area contributed by atoms with Crippen LogP contribution in [-0.2, 0) is 9.53 Å². The predicted molar refractivity (Wildman–Crippen MR) is 92.7 cm³/mol. The monoisotopic (exact) mass is 351 g/mol. The average molecular weight is 351 g/mol. The van der Waals surface area contributed by atoms with E-state index in [1.807, 2.05) is 0 Å². The van der Waals surface area contributed by atoms with Gasteiger partial charge >= 0.3 is 5.97 Å². The summed E-state index contributed by atoms with van der Waals surface area (Å²) in [6.07, 6.45) is -1.03. The fraction of sp³-hybridized carbons (Fsp3) is 0.200. The van der Waals surface area contributed by atoms with E-state index in [-0.39, 0.29) is 16.9 Å². The molecule has 0 saturated carbocycles. The van der Waals surface area contributed by atoms with Gasteiger partial charge in [-0.15, -0.1) is 0 Å². The Morgan fingerprint density at radius 2 is 1.35 bits per heavy atom. The molecule has 0 saturated heterocycles. The van der Waals surface area contributed by atoms with Crippen LogP contribution in [0.3, 0.4) is 0 Å². The van der Waals surface area contributed by atoms with Crippen molar-refractivity contribution in [3.63, 3.8) is 0 Å². The summed E-state index contributed by atoms with van der Waals surface area (Å²) in [5.74, 6) is -2.25. The van der Waals surface area contributed by atoms with Gasteiger partial charge in [0.25, 0.3) is 11.8 Å². The largest absolute Gasteiger partial charge is 0.453 e. The van der Waals surface area contributed by atoms with E-state index >= 15 is 0 Å². The highest BCUT2D eigenvalue weighted by Crippen LogP contribution is 2.25. The third kappa shape index (κ3) is 3.01. The molecule has 0 radical (unpaired) electrons. The van der Waals surface area contributed by atoms with Crippen LogP contribution in [0.2, 0.25) is 0 Å². The molecule has 0 bridgehead atoms. The SMILES string of the molecule is C[C@H](OC(=O)[C@H](C)N1C(=O)c2ccccc2C1=O)C(=O)c1ccccc1. The van der Waals surface area contributed by atoms with Gasteiger partial charge in [-0.3, -0.25) is 19.3 Å². The molecule has 2 aromatic rings. The molecular weight excluding hydrogens is 334 g/mol. The van der Waals surface area contributed by atoms with Gasteiger partial charge in [-0.1, -0.05) is 42.5 Å². The number of benzene rings is 2. The number of fused-ring (bicyclic) bond motifs is 1. The first kappa shape index (κ1) is 17.5. The Bertz CT molecular complexity index is 855. The van der Waals surface area contributed by atoms with E-state index in [2.05, 4.69) is 0 Å². The van der Waals surface area contributed by atoms with Crippen LogP contribution in [0.25, 0.3) is 0 Å². The molecule has 0 spiro atoms. The normalized spacial score (nSPS) is 15.4. The number of hydrogen-bond donors (Lipinski definition) is 0. The smallest absolute Gasteiger partial charge is 0.329 e. The van der Waals surface area contributed by atoms with Gasteiger partial charge in [0, 0.05) is 5.56 Å². The zero-order valence-electron chi connectivity index (χ0n) is 14.3. The number of Topliss-reactive ketones (excluding diaryl/α,β-unsaturated/α-hetero) is 1. The minimum absolute atomic E-state index is 0.255. The second-order valence-electron chi connectivity index (χ2n) is 6.01. The molecule has 0 aromatic heterocycles. The van der Waals surface area contributed by atoms with Crippen molar-refractivity contribution in [2.45, 2.75) is 26.0 Å². The molecule has 0 aliphatic carbocycles. The molecule has 26 heavy (non-hydrogen) atoms. The topological polar surface area (TPSA) is 80.8 Å². The Hall–Kier alpha value is -3.28. The van der Waals surface area contributed by atoms with Gasteiger partial charge in [-0.2, -0.15) is 0 Å². The molecular formula is C20H17NO5. The molecule has 2 aromatic carbocycles. The number of amides is 2. The van der Waals surface area contributed by atoms with Crippen LogP contribution in [0.5, 0.6) is 0 Å². The van der Waals surface area contributed by atoms with Gasteiger partial charge in [-0.25, -0.2) is 4.79 Å². The summed E-state index contributed by atoms with van der Waals surface area (Å²) in [4.78, 5) is 50.4. The summed E-state index contributed by atoms with van der Waals surface area (Å²) >= 11 is 0. The summed E-state index contributed by atoms with van der Waals surface area (Å²) < 4.78 is 5.20. The van der Waals surface area contributed by atoms with Crippen molar-refractivity contribution < 1.29 is 23.9 Å². The number of ketones is 1. The average Bonchev–Trinajstić information content (AvgIpc) is 2.92. The first-order chi connectivity index (χ1) is 12.4. The van der Waals surface area contributed by atoms with Crippen LogP contribution < -0.4 is 0 Å². The van der Waals surface area contributed by atoms with Crippen LogP contribution >= 0.6 is 0 Å². The molecule has 0 unspecified atom stereocenters.